The lowest BCUT2D eigenvalue weighted by Gasteiger charge is -2.26. The van der Waals surface area contributed by atoms with Crippen LogP contribution in [-0.2, 0) is 27.3 Å². The number of morpholine rings is 1. The van der Waals surface area contributed by atoms with Gasteiger partial charge in [0.25, 0.3) is 0 Å². The van der Waals surface area contributed by atoms with E-state index in [9.17, 15) is 9.59 Å². The minimum atomic E-state index is -0.591. The Kier molecular flexibility index (Phi) is 7.03. The maximum Gasteiger partial charge on any atom is 0.309 e. The first kappa shape index (κ1) is 17.4. The normalized spacial score (nSPS) is 15.2. The minimum absolute atomic E-state index is 0.361. The molecule has 1 aromatic rings. The molecular formula is C17H25N3O3. The fourth-order valence-electron chi connectivity index (χ4n) is 2.39. The molecule has 1 heterocycles. The van der Waals surface area contributed by atoms with Gasteiger partial charge in [0.2, 0.25) is 0 Å². The van der Waals surface area contributed by atoms with Crippen molar-refractivity contribution in [1.82, 2.24) is 15.5 Å². The molecule has 1 saturated heterocycles. The lowest BCUT2D eigenvalue weighted by Crippen LogP contribution is -2.44. The van der Waals surface area contributed by atoms with Crippen LogP contribution in [0.3, 0.4) is 0 Å². The Morgan fingerprint density at radius 3 is 2.30 bits per heavy atom. The van der Waals surface area contributed by atoms with Crippen LogP contribution in [0.2, 0.25) is 0 Å². The van der Waals surface area contributed by atoms with Crippen molar-refractivity contribution < 1.29 is 14.3 Å². The highest BCUT2D eigenvalue weighted by Gasteiger charge is 2.14. The van der Waals surface area contributed by atoms with Crippen LogP contribution < -0.4 is 10.6 Å². The van der Waals surface area contributed by atoms with Gasteiger partial charge in [-0.2, -0.15) is 0 Å². The van der Waals surface area contributed by atoms with Gasteiger partial charge in [0, 0.05) is 32.7 Å². The van der Waals surface area contributed by atoms with Crippen LogP contribution in [0.4, 0.5) is 0 Å². The van der Waals surface area contributed by atoms with Crippen LogP contribution in [0.25, 0.3) is 0 Å². The van der Waals surface area contributed by atoms with Crippen molar-refractivity contribution >= 4 is 11.8 Å². The Labute approximate surface area is 137 Å². The summed E-state index contributed by atoms with van der Waals surface area (Å²) in [4.78, 5) is 25.7. The number of ether oxygens (including phenoxy) is 1. The van der Waals surface area contributed by atoms with E-state index in [1.54, 1.807) is 0 Å². The SMILES string of the molecule is CCc1ccc(CNC(=O)C(=O)NCCN2CCOCC2)cc1. The molecule has 0 unspecified atom stereocenters. The molecule has 1 fully saturated rings. The van der Waals surface area contributed by atoms with Crippen LogP contribution in [0, 0.1) is 0 Å². The Balaban J connectivity index is 1.64. The number of amides is 2. The van der Waals surface area contributed by atoms with Crippen molar-refractivity contribution in [3.05, 3.63) is 35.4 Å². The average molecular weight is 319 g/mol. The molecule has 2 rings (SSSR count). The predicted molar refractivity (Wildman–Crippen MR) is 87.9 cm³/mol. The molecule has 0 saturated carbocycles. The van der Waals surface area contributed by atoms with Crippen LogP contribution in [0.5, 0.6) is 0 Å². The Hall–Kier alpha value is -1.92. The standard InChI is InChI=1S/C17H25N3O3/c1-2-14-3-5-15(6-4-14)13-19-17(22)16(21)18-7-8-20-9-11-23-12-10-20/h3-6H,2,7-13H2,1H3,(H,18,21)(H,19,22). The van der Waals surface area contributed by atoms with E-state index < -0.39 is 11.8 Å². The van der Waals surface area contributed by atoms with Gasteiger partial charge in [-0.3, -0.25) is 14.5 Å². The largest absolute Gasteiger partial charge is 0.379 e. The molecule has 1 aromatic carbocycles. The Bertz CT molecular complexity index is 510. The van der Waals surface area contributed by atoms with Gasteiger partial charge in [-0.25, -0.2) is 0 Å². The van der Waals surface area contributed by atoms with E-state index in [-0.39, 0.29) is 0 Å². The smallest absolute Gasteiger partial charge is 0.309 e. The van der Waals surface area contributed by atoms with Gasteiger partial charge in [0.05, 0.1) is 13.2 Å². The summed E-state index contributed by atoms with van der Waals surface area (Å²) in [6.07, 6.45) is 0.984. The van der Waals surface area contributed by atoms with Gasteiger partial charge >= 0.3 is 11.8 Å². The zero-order valence-electron chi connectivity index (χ0n) is 13.6. The van der Waals surface area contributed by atoms with E-state index in [1.165, 1.54) is 5.56 Å². The average Bonchev–Trinajstić information content (AvgIpc) is 2.61. The fourth-order valence-corrected chi connectivity index (χ4v) is 2.39. The van der Waals surface area contributed by atoms with E-state index in [4.69, 9.17) is 4.74 Å². The zero-order valence-corrected chi connectivity index (χ0v) is 13.6. The van der Waals surface area contributed by atoms with Crippen molar-refractivity contribution in [1.29, 1.82) is 0 Å². The maximum atomic E-state index is 11.8. The minimum Gasteiger partial charge on any atom is -0.379 e. The number of benzene rings is 1. The molecule has 2 amide bonds. The Morgan fingerprint density at radius 1 is 1.04 bits per heavy atom. The summed E-state index contributed by atoms with van der Waals surface area (Å²) in [5, 5.41) is 5.29. The van der Waals surface area contributed by atoms with E-state index in [1.807, 2.05) is 24.3 Å². The summed E-state index contributed by atoms with van der Waals surface area (Å²) in [5.74, 6) is -1.17. The number of rotatable bonds is 6. The monoisotopic (exact) mass is 319 g/mol. The van der Waals surface area contributed by atoms with Gasteiger partial charge in [0.1, 0.15) is 0 Å². The van der Waals surface area contributed by atoms with Gasteiger partial charge < -0.3 is 15.4 Å². The van der Waals surface area contributed by atoms with E-state index >= 15 is 0 Å². The highest BCUT2D eigenvalue weighted by molar-refractivity contribution is 6.35. The number of carbonyl (C=O) groups excluding carboxylic acids is 2. The molecule has 23 heavy (non-hydrogen) atoms. The molecule has 0 atom stereocenters. The second kappa shape index (κ2) is 9.27. The summed E-state index contributed by atoms with van der Waals surface area (Å²) in [6, 6.07) is 8.00. The molecule has 0 aliphatic carbocycles. The molecule has 1 aliphatic rings. The number of hydrogen-bond acceptors (Lipinski definition) is 4. The second-order valence-corrected chi connectivity index (χ2v) is 5.56. The van der Waals surface area contributed by atoms with Crippen molar-refractivity contribution in [2.45, 2.75) is 19.9 Å². The summed E-state index contributed by atoms with van der Waals surface area (Å²) in [5.41, 5.74) is 2.23. The molecular weight excluding hydrogens is 294 g/mol. The second-order valence-electron chi connectivity index (χ2n) is 5.56. The molecule has 126 valence electrons. The van der Waals surface area contributed by atoms with Crippen molar-refractivity contribution in [3.8, 4) is 0 Å². The molecule has 1 aliphatic heterocycles. The topological polar surface area (TPSA) is 70.7 Å². The number of aryl methyl sites for hydroxylation is 1. The van der Waals surface area contributed by atoms with Gasteiger partial charge in [-0.1, -0.05) is 31.2 Å². The number of hydrogen-bond donors (Lipinski definition) is 2. The first-order chi connectivity index (χ1) is 11.2. The molecule has 0 aromatic heterocycles. The number of carbonyl (C=O) groups is 2. The molecule has 6 nitrogen and oxygen atoms in total. The van der Waals surface area contributed by atoms with Gasteiger partial charge in [-0.15, -0.1) is 0 Å². The highest BCUT2D eigenvalue weighted by Crippen LogP contribution is 2.04. The van der Waals surface area contributed by atoms with Crippen LogP contribution in [0.15, 0.2) is 24.3 Å². The zero-order chi connectivity index (χ0) is 16.5. The molecule has 2 N–H and O–H groups in total. The first-order valence-corrected chi connectivity index (χ1v) is 8.13. The summed E-state index contributed by atoms with van der Waals surface area (Å²) >= 11 is 0. The molecule has 0 radical (unpaired) electrons. The van der Waals surface area contributed by atoms with Crippen LogP contribution >= 0.6 is 0 Å². The van der Waals surface area contributed by atoms with Crippen molar-refractivity contribution in [2.75, 3.05) is 39.4 Å². The number of nitrogens with one attached hydrogen (secondary N) is 2. The summed E-state index contributed by atoms with van der Waals surface area (Å²) in [7, 11) is 0. The summed E-state index contributed by atoms with van der Waals surface area (Å²) in [6.45, 7) is 6.86. The fraction of sp³-hybridized carbons (Fsp3) is 0.529. The van der Waals surface area contributed by atoms with E-state index in [2.05, 4.69) is 22.5 Å². The van der Waals surface area contributed by atoms with Gasteiger partial charge in [-0.05, 0) is 17.5 Å². The third-order valence-electron chi connectivity index (χ3n) is 3.91. The van der Waals surface area contributed by atoms with Crippen molar-refractivity contribution in [3.63, 3.8) is 0 Å². The van der Waals surface area contributed by atoms with Crippen LogP contribution in [-0.4, -0.2) is 56.1 Å². The predicted octanol–water partition coefficient (Wildman–Crippen LogP) is 0.314. The third kappa shape index (κ3) is 6.00. The highest BCUT2D eigenvalue weighted by atomic mass is 16.5. The summed E-state index contributed by atoms with van der Waals surface area (Å²) < 4.78 is 5.26. The quantitative estimate of drug-likeness (QED) is 0.741. The lowest BCUT2D eigenvalue weighted by molar-refractivity contribution is -0.139. The Morgan fingerprint density at radius 2 is 1.65 bits per heavy atom. The third-order valence-corrected chi connectivity index (χ3v) is 3.91. The first-order valence-electron chi connectivity index (χ1n) is 8.13. The van der Waals surface area contributed by atoms with Crippen molar-refractivity contribution in [2.24, 2.45) is 0 Å². The van der Waals surface area contributed by atoms with Gasteiger partial charge in [0.15, 0.2) is 0 Å². The van der Waals surface area contributed by atoms with E-state index in [0.717, 1.165) is 44.8 Å². The molecule has 0 spiro atoms. The van der Waals surface area contributed by atoms with E-state index in [0.29, 0.717) is 13.1 Å². The molecule has 6 heteroatoms. The van der Waals surface area contributed by atoms with Crippen LogP contribution in [0.1, 0.15) is 18.1 Å². The lowest BCUT2D eigenvalue weighted by atomic mass is 10.1. The maximum absolute atomic E-state index is 11.8. The number of nitrogens with zero attached hydrogens (tertiary/aromatic N) is 1. The molecule has 0 bridgehead atoms.